The second-order valence-electron chi connectivity index (χ2n) is 9.10. The molecule has 4 rings (SSSR count). The van der Waals surface area contributed by atoms with E-state index in [4.69, 9.17) is 9.84 Å². The molecule has 34 heavy (non-hydrogen) atoms. The number of carbonyl (C=O) groups is 3. The van der Waals surface area contributed by atoms with Crippen LogP contribution in [0.25, 0.3) is 11.1 Å². The van der Waals surface area contributed by atoms with E-state index in [-0.39, 0.29) is 18.4 Å². The standard InChI is InChI=1S/C25H26F2N2O5/c1-24(12-21(30)31,15-10-11-15)29-22(32)25(26,27)14-28-23(33)34-13-20-18-8-4-2-6-16(18)17-7-3-5-9-19(17)20/h2-9,15,20H,10-14H2,1H3,(H,28,33)(H,29,32)(H,30,31). The number of nitrogens with one attached hydrogen (secondary N) is 2. The third kappa shape index (κ3) is 4.88. The van der Waals surface area contributed by atoms with Crippen molar-refractivity contribution in [3.8, 4) is 11.1 Å². The smallest absolute Gasteiger partial charge is 0.407 e. The summed E-state index contributed by atoms with van der Waals surface area (Å²) in [4.78, 5) is 35.5. The highest BCUT2D eigenvalue weighted by molar-refractivity contribution is 5.86. The van der Waals surface area contributed by atoms with Crippen molar-refractivity contribution in [1.29, 1.82) is 0 Å². The number of alkyl halides is 2. The number of ether oxygens (including phenoxy) is 1. The van der Waals surface area contributed by atoms with Gasteiger partial charge in [-0.1, -0.05) is 48.5 Å². The number of carbonyl (C=O) groups excluding carboxylic acids is 2. The molecule has 0 radical (unpaired) electrons. The van der Waals surface area contributed by atoms with Crippen LogP contribution in [0.1, 0.15) is 43.2 Å². The Morgan fingerprint density at radius 3 is 2.12 bits per heavy atom. The molecule has 3 N–H and O–H groups in total. The molecule has 180 valence electrons. The average Bonchev–Trinajstić information content (AvgIpc) is 3.60. The van der Waals surface area contributed by atoms with Crippen molar-refractivity contribution in [3.63, 3.8) is 0 Å². The first-order chi connectivity index (χ1) is 16.1. The molecule has 2 aliphatic carbocycles. The highest BCUT2D eigenvalue weighted by atomic mass is 19.3. The molecule has 0 bridgehead atoms. The molecule has 1 atom stereocenters. The predicted molar refractivity (Wildman–Crippen MR) is 120 cm³/mol. The number of aliphatic carboxylic acids is 1. The summed E-state index contributed by atoms with van der Waals surface area (Å²) in [7, 11) is 0. The van der Waals surface area contributed by atoms with Gasteiger partial charge in [0.2, 0.25) is 0 Å². The van der Waals surface area contributed by atoms with Gasteiger partial charge in [-0.15, -0.1) is 0 Å². The van der Waals surface area contributed by atoms with Crippen molar-refractivity contribution in [2.75, 3.05) is 13.2 Å². The van der Waals surface area contributed by atoms with E-state index in [1.165, 1.54) is 6.92 Å². The Bertz CT molecular complexity index is 1070. The van der Waals surface area contributed by atoms with Crippen molar-refractivity contribution in [1.82, 2.24) is 10.6 Å². The SMILES string of the molecule is CC(CC(=O)O)(NC(=O)C(F)(F)CNC(=O)OCC1c2ccccc2-c2ccccc21)C1CC1. The maximum Gasteiger partial charge on any atom is 0.407 e. The van der Waals surface area contributed by atoms with Gasteiger partial charge in [0.15, 0.2) is 0 Å². The van der Waals surface area contributed by atoms with Crippen LogP contribution in [0.2, 0.25) is 0 Å². The van der Waals surface area contributed by atoms with Crippen LogP contribution in [0.4, 0.5) is 13.6 Å². The number of rotatable bonds is 9. The summed E-state index contributed by atoms with van der Waals surface area (Å²) >= 11 is 0. The number of amides is 2. The molecule has 0 saturated heterocycles. The van der Waals surface area contributed by atoms with Gasteiger partial charge in [-0.05, 0) is 47.9 Å². The second-order valence-corrected chi connectivity index (χ2v) is 9.10. The number of hydrogen-bond donors (Lipinski definition) is 3. The topological polar surface area (TPSA) is 105 Å². The van der Waals surface area contributed by atoms with Crippen LogP contribution in [0.15, 0.2) is 48.5 Å². The highest BCUT2D eigenvalue weighted by Crippen LogP contribution is 2.44. The third-order valence-electron chi connectivity index (χ3n) is 6.53. The van der Waals surface area contributed by atoms with Crippen molar-refractivity contribution < 1.29 is 33.0 Å². The van der Waals surface area contributed by atoms with Crippen molar-refractivity contribution in [2.45, 2.75) is 43.6 Å². The van der Waals surface area contributed by atoms with E-state index in [0.717, 1.165) is 22.3 Å². The summed E-state index contributed by atoms with van der Waals surface area (Å²) in [5.41, 5.74) is 2.78. The fourth-order valence-corrected chi connectivity index (χ4v) is 4.59. The Morgan fingerprint density at radius 1 is 1.03 bits per heavy atom. The monoisotopic (exact) mass is 472 g/mol. The van der Waals surface area contributed by atoms with Gasteiger partial charge in [0.25, 0.3) is 5.91 Å². The fourth-order valence-electron chi connectivity index (χ4n) is 4.59. The van der Waals surface area contributed by atoms with E-state index >= 15 is 0 Å². The second kappa shape index (κ2) is 9.04. The molecule has 1 saturated carbocycles. The lowest BCUT2D eigenvalue weighted by atomic mass is 9.91. The summed E-state index contributed by atoms with van der Waals surface area (Å²) in [5.74, 6) is -7.13. The summed E-state index contributed by atoms with van der Waals surface area (Å²) in [6.45, 7) is 0.144. The molecule has 2 aromatic carbocycles. The zero-order valence-electron chi connectivity index (χ0n) is 18.6. The maximum atomic E-state index is 14.4. The number of alkyl carbamates (subject to hydrolysis) is 1. The molecule has 0 aliphatic heterocycles. The van der Waals surface area contributed by atoms with Crippen LogP contribution in [0, 0.1) is 5.92 Å². The van der Waals surface area contributed by atoms with Crippen LogP contribution in [-0.2, 0) is 14.3 Å². The molecular formula is C25H26F2N2O5. The number of fused-ring (bicyclic) bond motifs is 3. The molecule has 1 fully saturated rings. The van der Waals surface area contributed by atoms with Gasteiger partial charge < -0.3 is 20.5 Å². The lowest BCUT2D eigenvalue weighted by Crippen LogP contribution is -2.57. The van der Waals surface area contributed by atoms with Crippen LogP contribution in [0.3, 0.4) is 0 Å². The van der Waals surface area contributed by atoms with Crippen molar-refractivity contribution >= 4 is 18.0 Å². The van der Waals surface area contributed by atoms with Gasteiger partial charge in [-0.25, -0.2) is 4.79 Å². The van der Waals surface area contributed by atoms with Gasteiger partial charge in [0.05, 0.1) is 18.5 Å². The molecule has 2 aromatic rings. The molecule has 7 nitrogen and oxygen atoms in total. The Kier molecular flexibility index (Phi) is 6.29. The van der Waals surface area contributed by atoms with Gasteiger partial charge in [-0.3, -0.25) is 9.59 Å². The number of benzene rings is 2. The Balaban J connectivity index is 1.33. The minimum absolute atomic E-state index is 0.0456. The van der Waals surface area contributed by atoms with E-state index in [9.17, 15) is 23.2 Å². The first-order valence-electron chi connectivity index (χ1n) is 11.1. The van der Waals surface area contributed by atoms with E-state index < -0.39 is 42.4 Å². The third-order valence-corrected chi connectivity index (χ3v) is 6.53. The van der Waals surface area contributed by atoms with Gasteiger partial charge >= 0.3 is 18.0 Å². The number of carboxylic acids is 1. The maximum absolute atomic E-state index is 14.4. The molecule has 0 heterocycles. The van der Waals surface area contributed by atoms with Gasteiger partial charge in [0.1, 0.15) is 6.61 Å². The first kappa shape index (κ1) is 23.7. The van der Waals surface area contributed by atoms with Crippen LogP contribution in [0.5, 0.6) is 0 Å². The zero-order chi connectivity index (χ0) is 24.5. The molecule has 2 amide bonds. The summed E-state index contributed by atoms with van der Waals surface area (Å²) in [6, 6.07) is 15.4. The largest absolute Gasteiger partial charge is 0.481 e. The highest BCUT2D eigenvalue weighted by Gasteiger charge is 2.49. The van der Waals surface area contributed by atoms with E-state index in [1.54, 1.807) is 0 Å². The molecule has 0 aromatic heterocycles. The van der Waals surface area contributed by atoms with E-state index in [0.29, 0.717) is 12.8 Å². The zero-order valence-corrected chi connectivity index (χ0v) is 18.6. The molecule has 1 unspecified atom stereocenters. The first-order valence-corrected chi connectivity index (χ1v) is 11.1. The molecule has 9 heteroatoms. The fraction of sp³-hybridized carbons (Fsp3) is 0.400. The molecule has 0 spiro atoms. The summed E-state index contributed by atoms with van der Waals surface area (Å²) in [5, 5.41) is 13.2. The van der Waals surface area contributed by atoms with Crippen molar-refractivity contribution in [2.24, 2.45) is 5.92 Å². The van der Waals surface area contributed by atoms with Crippen molar-refractivity contribution in [3.05, 3.63) is 59.7 Å². The Morgan fingerprint density at radius 2 is 1.59 bits per heavy atom. The lowest BCUT2D eigenvalue weighted by molar-refractivity contribution is -0.148. The number of hydrogen-bond acceptors (Lipinski definition) is 4. The van der Waals surface area contributed by atoms with Crippen LogP contribution in [-0.4, -0.2) is 47.7 Å². The van der Waals surface area contributed by atoms with E-state index in [1.807, 2.05) is 53.8 Å². The van der Waals surface area contributed by atoms with Crippen LogP contribution < -0.4 is 10.6 Å². The number of halogens is 2. The van der Waals surface area contributed by atoms with Crippen LogP contribution >= 0.6 is 0 Å². The van der Waals surface area contributed by atoms with Gasteiger partial charge in [-0.2, -0.15) is 8.78 Å². The minimum atomic E-state index is -3.93. The summed E-state index contributed by atoms with van der Waals surface area (Å²) < 4.78 is 34.1. The van der Waals surface area contributed by atoms with E-state index in [2.05, 4.69) is 5.32 Å². The predicted octanol–water partition coefficient (Wildman–Crippen LogP) is 3.92. The minimum Gasteiger partial charge on any atom is -0.481 e. The quantitative estimate of drug-likeness (QED) is 0.513. The average molecular weight is 472 g/mol. The molecule has 2 aliphatic rings. The Hall–Kier alpha value is -3.49. The normalized spacial score (nSPS) is 16.7. The summed E-state index contributed by atoms with van der Waals surface area (Å²) in [6.07, 6.45) is -0.203. The lowest BCUT2D eigenvalue weighted by Gasteiger charge is -2.31. The van der Waals surface area contributed by atoms with Gasteiger partial charge in [0, 0.05) is 5.92 Å². The Labute approximate surface area is 195 Å². The molecular weight excluding hydrogens is 446 g/mol. The number of carboxylic acid groups (broad SMARTS) is 1.